The van der Waals surface area contributed by atoms with Crippen molar-refractivity contribution in [3.63, 3.8) is 0 Å². The second kappa shape index (κ2) is 5.36. The van der Waals surface area contributed by atoms with Crippen LogP contribution in [-0.2, 0) is 14.4 Å². The van der Waals surface area contributed by atoms with E-state index >= 15 is 0 Å². The number of carbonyl (C=O) groups excluding carboxylic acids is 3. The Morgan fingerprint density at radius 3 is 2.53 bits per heavy atom. The topological polar surface area (TPSA) is 66.5 Å². The Morgan fingerprint density at radius 2 is 1.95 bits per heavy atom. The molecule has 3 amide bonds. The van der Waals surface area contributed by atoms with Crippen LogP contribution in [0.5, 0.6) is 0 Å². The summed E-state index contributed by atoms with van der Waals surface area (Å²) in [4.78, 5) is 35.1. The largest absolute Gasteiger partial charge is 0.322 e. The maximum atomic E-state index is 13.4. The monoisotopic (exact) mass is 284 g/mol. The highest BCUT2D eigenvalue weighted by atomic mass is 35.5. The number of amides is 3. The molecule has 1 N–H and O–H groups in total. The molecular weight excluding hydrogens is 275 g/mol. The van der Waals surface area contributed by atoms with E-state index < -0.39 is 30.1 Å². The van der Waals surface area contributed by atoms with Gasteiger partial charge in [0.1, 0.15) is 12.4 Å². The summed E-state index contributed by atoms with van der Waals surface area (Å²) >= 11 is 5.58. The second-order valence-corrected chi connectivity index (χ2v) is 4.48. The van der Waals surface area contributed by atoms with Crippen molar-refractivity contribution in [3.05, 3.63) is 29.0 Å². The summed E-state index contributed by atoms with van der Waals surface area (Å²) in [6, 6.07) is 3.79. The van der Waals surface area contributed by atoms with Crippen molar-refractivity contribution >= 4 is 35.0 Å². The first-order valence-corrected chi connectivity index (χ1v) is 5.93. The van der Waals surface area contributed by atoms with Crippen molar-refractivity contribution in [2.45, 2.75) is 12.8 Å². The van der Waals surface area contributed by atoms with Gasteiger partial charge in [0.15, 0.2) is 0 Å². The molecule has 1 fully saturated rings. The second-order valence-electron chi connectivity index (χ2n) is 4.05. The molecule has 1 aliphatic heterocycles. The fraction of sp³-hybridized carbons (Fsp3) is 0.250. The van der Waals surface area contributed by atoms with Gasteiger partial charge in [0.2, 0.25) is 17.7 Å². The predicted molar refractivity (Wildman–Crippen MR) is 66.0 cm³/mol. The third-order valence-electron chi connectivity index (χ3n) is 2.66. The number of hydrogen-bond acceptors (Lipinski definition) is 3. The molecule has 0 unspecified atom stereocenters. The third kappa shape index (κ3) is 3.08. The first-order chi connectivity index (χ1) is 8.97. The van der Waals surface area contributed by atoms with Crippen LogP contribution in [0.2, 0.25) is 5.02 Å². The van der Waals surface area contributed by atoms with Gasteiger partial charge >= 0.3 is 0 Å². The summed E-state index contributed by atoms with van der Waals surface area (Å²) in [5.41, 5.74) is -0.0477. The van der Waals surface area contributed by atoms with Gasteiger partial charge in [0.05, 0.1) is 5.69 Å². The van der Waals surface area contributed by atoms with Gasteiger partial charge in [-0.2, -0.15) is 0 Å². The van der Waals surface area contributed by atoms with Gasteiger partial charge in [-0.3, -0.25) is 19.3 Å². The molecule has 0 spiro atoms. The number of likely N-dealkylation sites (tertiary alicyclic amines) is 1. The Balaban J connectivity index is 2.01. The van der Waals surface area contributed by atoms with E-state index in [1.807, 2.05) is 0 Å². The fourth-order valence-corrected chi connectivity index (χ4v) is 1.88. The molecule has 1 heterocycles. The molecular formula is C12H10ClFN2O3. The number of halogens is 2. The average Bonchev–Trinajstić information content (AvgIpc) is 2.65. The maximum Gasteiger partial charge on any atom is 0.244 e. The normalized spacial score (nSPS) is 14.9. The molecule has 0 aliphatic carbocycles. The third-order valence-corrected chi connectivity index (χ3v) is 2.90. The molecule has 0 radical (unpaired) electrons. The van der Waals surface area contributed by atoms with Crippen LogP contribution in [0, 0.1) is 5.82 Å². The molecule has 100 valence electrons. The first kappa shape index (κ1) is 13.5. The Labute approximate surface area is 113 Å². The number of nitrogens with zero attached hydrogens (tertiary/aromatic N) is 1. The van der Waals surface area contributed by atoms with Crippen molar-refractivity contribution in [1.29, 1.82) is 0 Å². The van der Waals surface area contributed by atoms with Crippen molar-refractivity contribution in [2.24, 2.45) is 0 Å². The molecule has 1 aliphatic rings. The van der Waals surface area contributed by atoms with Crippen LogP contribution in [0.15, 0.2) is 18.2 Å². The number of imide groups is 1. The number of benzene rings is 1. The lowest BCUT2D eigenvalue weighted by Gasteiger charge is -2.13. The number of anilines is 1. The summed E-state index contributed by atoms with van der Waals surface area (Å²) < 4.78 is 13.4. The van der Waals surface area contributed by atoms with Crippen molar-refractivity contribution in [3.8, 4) is 0 Å². The SMILES string of the molecule is O=C(CN1C(=O)CCC1=O)Nc1ccc(Cl)cc1F. The molecule has 5 nitrogen and oxygen atoms in total. The summed E-state index contributed by atoms with van der Waals surface area (Å²) in [6.45, 7) is -0.403. The molecule has 0 aromatic heterocycles. The van der Waals surface area contributed by atoms with Crippen molar-refractivity contribution in [2.75, 3.05) is 11.9 Å². The average molecular weight is 285 g/mol. The number of hydrogen-bond donors (Lipinski definition) is 1. The number of nitrogens with one attached hydrogen (secondary N) is 1. The van der Waals surface area contributed by atoms with Crippen LogP contribution in [0.25, 0.3) is 0 Å². The van der Waals surface area contributed by atoms with E-state index in [1.165, 1.54) is 12.1 Å². The smallest absolute Gasteiger partial charge is 0.244 e. The van der Waals surface area contributed by atoms with E-state index in [0.29, 0.717) is 0 Å². The van der Waals surface area contributed by atoms with Crippen molar-refractivity contribution < 1.29 is 18.8 Å². The van der Waals surface area contributed by atoms with Crippen molar-refractivity contribution in [1.82, 2.24) is 4.90 Å². The van der Waals surface area contributed by atoms with Gasteiger partial charge in [0.25, 0.3) is 0 Å². The lowest BCUT2D eigenvalue weighted by atomic mass is 10.3. The van der Waals surface area contributed by atoms with Crippen LogP contribution in [0.1, 0.15) is 12.8 Å². The van der Waals surface area contributed by atoms with Gasteiger partial charge < -0.3 is 5.32 Å². The summed E-state index contributed by atoms with van der Waals surface area (Å²) in [6.07, 6.45) is 0.225. The highest BCUT2D eigenvalue weighted by Gasteiger charge is 2.30. The van der Waals surface area contributed by atoms with Crippen LogP contribution in [0.4, 0.5) is 10.1 Å². The zero-order chi connectivity index (χ0) is 14.0. The van der Waals surface area contributed by atoms with E-state index in [9.17, 15) is 18.8 Å². The van der Waals surface area contributed by atoms with Gasteiger partial charge in [-0.15, -0.1) is 0 Å². The molecule has 2 rings (SSSR count). The highest BCUT2D eigenvalue weighted by Crippen LogP contribution is 2.19. The predicted octanol–water partition coefficient (Wildman–Crippen LogP) is 1.57. The van der Waals surface area contributed by atoms with E-state index in [-0.39, 0.29) is 23.6 Å². The molecule has 0 bridgehead atoms. The zero-order valence-corrected chi connectivity index (χ0v) is 10.5. The Morgan fingerprint density at radius 1 is 1.32 bits per heavy atom. The quantitative estimate of drug-likeness (QED) is 0.857. The minimum atomic E-state index is -0.681. The lowest BCUT2D eigenvalue weighted by Crippen LogP contribution is -2.37. The molecule has 0 atom stereocenters. The van der Waals surface area contributed by atoms with Crippen LogP contribution >= 0.6 is 11.6 Å². The van der Waals surface area contributed by atoms with E-state index in [0.717, 1.165) is 11.0 Å². The summed E-state index contributed by atoms with van der Waals surface area (Å²) in [5.74, 6) is -2.10. The minimum Gasteiger partial charge on any atom is -0.322 e. The first-order valence-electron chi connectivity index (χ1n) is 5.55. The highest BCUT2D eigenvalue weighted by molar-refractivity contribution is 6.30. The molecule has 1 saturated heterocycles. The minimum absolute atomic E-state index is 0.0477. The van der Waals surface area contributed by atoms with Gasteiger partial charge in [0, 0.05) is 17.9 Å². The zero-order valence-electron chi connectivity index (χ0n) is 9.78. The standard InChI is InChI=1S/C12H10ClFN2O3/c13-7-1-2-9(8(14)5-7)15-10(17)6-16-11(18)3-4-12(16)19/h1-2,5H,3-4,6H2,(H,15,17). The van der Waals surface area contributed by atoms with Crippen LogP contribution in [0.3, 0.4) is 0 Å². The molecule has 1 aromatic carbocycles. The van der Waals surface area contributed by atoms with E-state index in [2.05, 4.69) is 5.32 Å². The van der Waals surface area contributed by atoms with Gasteiger partial charge in [-0.05, 0) is 18.2 Å². The maximum absolute atomic E-state index is 13.4. The summed E-state index contributed by atoms with van der Waals surface area (Å²) in [7, 11) is 0. The summed E-state index contributed by atoms with van der Waals surface area (Å²) in [5, 5.41) is 2.50. The van der Waals surface area contributed by atoms with E-state index in [4.69, 9.17) is 11.6 Å². The van der Waals surface area contributed by atoms with Gasteiger partial charge in [-0.25, -0.2) is 4.39 Å². The lowest BCUT2D eigenvalue weighted by molar-refractivity contribution is -0.141. The Hall–Kier alpha value is -1.95. The van der Waals surface area contributed by atoms with E-state index in [1.54, 1.807) is 0 Å². The number of carbonyl (C=O) groups is 3. The van der Waals surface area contributed by atoms with Crippen LogP contribution in [-0.4, -0.2) is 29.2 Å². The fourth-order valence-electron chi connectivity index (χ4n) is 1.72. The molecule has 19 heavy (non-hydrogen) atoms. The van der Waals surface area contributed by atoms with Gasteiger partial charge in [-0.1, -0.05) is 11.6 Å². The number of rotatable bonds is 3. The van der Waals surface area contributed by atoms with Crippen LogP contribution < -0.4 is 5.32 Å². The molecule has 1 aromatic rings. The Kier molecular flexibility index (Phi) is 3.80. The molecule has 7 heteroatoms. The molecule has 0 saturated carbocycles. The Bertz CT molecular complexity index is 546.